The summed E-state index contributed by atoms with van der Waals surface area (Å²) in [5, 5.41) is 3.26. The summed E-state index contributed by atoms with van der Waals surface area (Å²) in [5.74, 6) is 0.983. The predicted octanol–water partition coefficient (Wildman–Crippen LogP) is 0.622. The summed E-state index contributed by atoms with van der Waals surface area (Å²) >= 11 is 0. The number of morpholine rings is 1. The van der Waals surface area contributed by atoms with Crippen LogP contribution in [0.3, 0.4) is 0 Å². The van der Waals surface area contributed by atoms with Gasteiger partial charge in [-0.2, -0.15) is 0 Å². The van der Waals surface area contributed by atoms with Crippen LogP contribution < -0.4 is 5.32 Å². The van der Waals surface area contributed by atoms with Gasteiger partial charge in [-0.15, -0.1) is 0 Å². The van der Waals surface area contributed by atoms with Crippen molar-refractivity contribution in [1.82, 2.24) is 10.2 Å². The summed E-state index contributed by atoms with van der Waals surface area (Å²) in [4.78, 5) is 14.2. The van der Waals surface area contributed by atoms with E-state index in [2.05, 4.69) is 12.2 Å². The number of carbonyl (C=O) groups is 1. The third-order valence-corrected chi connectivity index (χ3v) is 3.68. The normalized spacial score (nSPS) is 32.8. The molecule has 0 unspecified atom stereocenters. The minimum absolute atomic E-state index is 0.000556. The molecule has 4 nitrogen and oxygen atoms in total. The summed E-state index contributed by atoms with van der Waals surface area (Å²) in [7, 11) is 0. The summed E-state index contributed by atoms with van der Waals surface area (Å²) < 4.78 is 5.51. The molecule has 2 saturated heterocycles. The quantitative estimate of drug-likeness (QED) is 0.713. The molecule has 0 radical (unpaired) electrons. The highest BCUT2D eigenvalue weighted by molar-refractivity contribution is 5.82. The second-order valence-corrected chi connectivity index (χ2v) is 5.02. The fourth-order valence-corrected chi connectivity index (χ4v) is 2.44. The number of amides is 1. The minimum atomic E-state index is -0.137. The first-order valence-electron chi connectivity index (χ1n) is 6.32. The van der Waals surface area contributed by atoms with Crippen molar-refractivity contribution in [3.63, 3.8) is 0 Å². The van der Waals surface area contributed by atoms with Gasteiger partial charge in [-0.3, -0.25) is 4.79 Å². The second kappa shape index (κ2) is 5.15. The maximum Gasteiger partial charge on any atom is 0.242 e. The largest absolute Gasteiger partial charge is 0.375 e. The first-order valence-corrected chi connectivity index (χ1v) is 6.32. The number of piperidine rings is 1. The maximum atomic E-state index is 12.3. The minimum Gasteiger partial charge on any atom is -0.375 e. The summed E-state index contributed by atoms with van der Waals surface area (Å²) in [6.45, 7) is 7.54. The first kappa shape index (κ1) is 11.9. The number of nitrogens with zero attached hydrogens (tertiary/aromatic N) is 1. The van der Waals surface area contributed by atoms with Gasteiger partial charge in [0, 0.05) is 19.6 Å². The Balaban J connectivity index is 1.90. The Labute approximate surface area is 97.3 Å². The van der Waals surface area contributed by atoms with Crippen molar-refractivity contribution in [1.29, 1.82) is 0 Å². The number of hydrogen-bond acceptors (Lipinski definition) is 3. The van der Waals surface area contributed by atoms with Crippen molar-refractivity contribution in [2.75, 3.05) is 26.2 Å². The van der Waals surface area contributed by atoms with E-state index in [9.17, 15) is 4.79 Å². The smallest absolute Gasteiger partial charge is 0.242 e. The molecule has 2 fully saturated rings. The van der Waals surface area contributed by atoms with E-state index in [0.29, 0.717) is 6.61 Å². The molecule has 0 bridgehead atoms. The highest BCUT2D eigenvalue weighted by Crippen LogP contribution is 2.18. The molecule has 16 heavy (non-hydrogen) atoms. The zero-order valence-corrected chi connectivity index (χ0v) is 10.2. The zero-order chi connectivity index (χ0) is 11.5. The number of nitrogens with one attached hydrogen (secondary N) is 1. The van der Waals surface area contributed by atoms with Gasteiger partial charge < -0.3 is 15.0 Å². The molecule has 2 aliphatic rings. The molecule has 2 atom stereocenters. The Morgan fingerprint density at radius 2 is 2.00 bits per heavy atom. The number of rotatable bonds is 1. The van der Waals surface area contributed by atoms with Crippen molar-refractivity contribution in [3.8, 4) is 0 Å². The van der Waals surface area contributed by atoms with E-state index in [-0.39, 0.29) is 18.1 Å². The third kappa shape index (κ3) is 2.55. The number of hydrogen-bond donors (Lipinski definition) is 1. The van der Waals surface area contributed by atoms with Gasteiger partial charge in [0.15, 0.2) is 0 Å². The SMILES string of the molecule is CC1CCN(C(=O)[C@H]2NCCO[C@@H]2C)CC1. The highest BCUT2D eigenvalue weighted by atomic mass is 16.5. The summed E-state index contributed by atoms with van der Waals surface area (Å²) in [6, 6.07) is -0.137. The van der Waals surface area contributed by atoms with Crippen LogP contribution in [0.1, 0.15) is 26.7 Å². The van der Waals surface area contributed by atoms with Gasteiger partial charge in [-0.05, 0) is 25.7 Å². The highest BCUT2D eigenvalue weighted by Gasteiger charge is 2.32. The van der Waals surface area contributed by atoms with Gasteiger partial charge in [0.1, 0.15) is 6.04 Å². The molecule has 2 aliphatic heterocycles. The lowest BCUT2D eigenvalue weighted by Gasteiger charge is -2.36. The zero-order valence-electron chi connectivity index (χ0n) is 10.2. The van der Waals surface area contributed by atoms with Gasteiger partial charge in [-0.1, -0.05) is 6.92 Å². The van der Waals surface area contributed by atoms with Crippen LogP contribution in [0.25, 0.3) is 0 Å². The molecule has 4 heteroatoms. The number of carbonyl (C=O) groups excluding carboxylic acids is 1. The number of ether oxygens (including phenoxy) is 1. The van der Waals surface area contributed by atoms with Gasteiger partial charge in [0.25, 0.3) is 0 Å². The molecule has 2 heterocycles. The van der Waals surface area contributed by atoms with Crippen molar-refractivity contribution in [3.05, 3.63) is 0 Å². The van der Waals surface area contributed by atoms with Crippen molar-refractivity contribution >= 4 is 5.91 Å². The van der Waals surface area contributed by atoms with Crippen molar-refractivity contribution in [2.24, 2.45) is 5.92 Å². The Morgan fingerprint density at radius 3 is 2.62 bits per heavy atom. The molecule has 0 spiro atoms. The van der Waals surface area contributed by atoms with E-state index in [1.807, 2.05) is 11.8 Å². The lowest BCUT2D eigenvalue weighted by atomic mass is 9.98. The maximum absolute atomic E-state index is 12.3. The molecule has 92 valence electrons. The Hall–Kier alpha value is -0.610. The fourth-order valence-electron chi connectivity index (χ4n) is 2.44. The van der Waals surface area contributed by atoms with Crippen LogP contribution >= 0.6 is 0 Å². The Morgan fingerprint density at radius 1 is 1.31 bits per heavy atom. The van der Waals surface area contributed by atoms with Crippen LogP contribution in [0, 0.1) is 5.92 Å². The topological polar surface area (TPSA) is 41.6 Å². The molecule has 1 N–H and O–H groups in total. The van der Waals surface area contributed by atoms with Crippen LogP contribution in [-0.2, 0) is 9.53 Å². The fraction of sp³-hybridized carbons (Fsp3) is 0.917. The van der Waals surface area contributed by atoms with Crippen LogP contribution in [0.5, 0.6) is 0 Å². The average molecular weight is 226 g/mol. The monoisotopic (exact) mass is 226 g/mol. The third-order valence-electron chi connectivity index (χ3n) is 3.68. The van der Waals surface area contributed by atoms with Crippen LogP contribution in [0.4, 0.5) is 0 Å². The lowest BCUT2D eigenvalue weighted by Crippen LogP contribution is -2.57. The molecule has 0 aromatic rings. The lowest BCUT2D eigenvalue weighted by molar-refractivity contribution is -0.140. The molecular weight excluding hydrogens is 204 g/mol. The van der Waals surface area contributed by atoms with E-state index in [4.69, 9.17) is 4.74 Å². The van der Waals surface area contributed by atoms with E-state index < -0.39 is 0 Å². The molecule has 1 amide bonds. The average Bonchev–Trinajstić information content (AvgIpc) is 2.30. The van der Waals surface area contributed by atoms with Crippen LogP contribution in [0.15, 0.2) is 0 Å². The Kier molecular flexibility index (Phi) is 3.82. The standard InChI is InChI=1S/C12H22N2O2/c1-9-3-6-14(7-4-9)12(15)11-10(2)16-8-5-13-11/h9-11,13H,3-8H2,1-2H3/t10-,11+/m1/s1. The van der Waals surface area contributed by atoms with Crippen LogP contribution in [0.2, 0.25) is 0 Å². The van der Waals surface area contributed by atoms with E-state index in [0.717, 1.165) is 38.4 Å². The van der Waals surface area contributed by atoms with Gasteiger partial charge in [0.2, 0.25) is 5.91 Å². The van der Waals surface area contributed by atoms with Gasteiger partial charge in [0.05, 0.1) is 12.7 Å². The van der Waals surface area contributed by atoms with Crippen molar-refractivity contribution < 1.29 is 9.53 Å². The molecule has 0 saturated carbocycles. The summed E-state index contributed by atoms with van der Waals surface area (Å²) in [5.41, 5.74) is 0. The molecular formula is C12H22N2O2. The second-order valence-electron chi connectivity index (χ2n) is 5.02. The Bertz CT molecular complexity index is 249. The van der Waals surface area contributed by atoms with Crippen LogP contribution in [-0.4, -0.2) is 49.2 Å². The molecule has 0 aromatic carbocycles. The predicted molar refractivity (Wildman–Crippen MR) is 62.2 cm³/mol. The molecule has 0 aromatic heterocycles. The summed E-state index contributed by atoms with van der Waals surface area (Å²) in [6.07, 6.45) is 2.27. The van der Waals surface area contributed by atoms with E-state index in [1.54, 1.807) is 0 Å². The van der Waals surface area contributed by atoms with Crippen molar-refractivity contribution in [2.45, 2.75) is 38.8 Å². The van der Waals surface area contributed by atoms with E-state index >= 15 is 0 Å². The molecule has 0 aliphatic carbocycles. The first-order chi connectivity index (χ1) is 7.68. The number of likely N-dealkylation sites (tertiary alicyclic amines) is 1. The van der Waals surface area contributed by atoms with Gasteiger partial charge >= 0.3 is 0 Å². The van der Waals surface area contributed by atoms with Gasteiger partial charge in [-0.25, -0.2) is 0 Å². The molecule has 2 rings (SSSR count). The van der Waals surface area contributed by atoms with E-state index in [1.165, 1.54) is 0 Å².